The Kier molecular flexibility index (Phi) is 7.00. The molecule has 1 unspecified atom stereocenters. The third-order valence-corrected chi connectivity index (χ3v) is 4.40. The fourth-order valence-corrected chi connectivity index (χ4v) is 2.84. The minimum Gasteiger partial charge on any atom is -0.480 e. The van der Waals surface area contributed by atoms with Crippen molar-refractivity contribution in [2.75, 3.05) is 12.3 Å². The van der Waals surface area contributed by atoms with Gasteiger partial charge in [0.1, 0.15) is 17.6 Å². The molecule has 0 saturated heterocycles. The minimum absolute atomic E-state index is 0.183. The van der Waals surface area contributed by atoms with Gasteiger partial charge in [-0.05, 0) is 24.6 Å². The zero-order chi connectivity index (χ0) is 22.2. The Balaban J connectivity index is 1.77. The molecule has 3 rings (SSSR count). The number of carbonyl (C=O) groups is 2. The summed E-state index contributed by atoms with van der Waals surface area (Å²) >= 11 is 0. The first-order chi connectivity index (χ1) is 14.9. The molecule has 0 radical (unpaired) electrons. The number of carbonyl (C=O) groups excluding carboxylic acids is 1. The zero-order valence-corrected chi connectivity index (χ0v) is 16.9. The van der Waals surface area contributed by atoms with Crippen LogP contribution in [0.4, 0.5) is 5.82 Å². The molecular formula is C22H22N6O3. The molecule has 31 heavy (non-hydrogen) atoms. The van der Waals surface area contributed by atoms with Gasteiger partial charge in [0.05, 0.1) is 11.9 Å². The smallest absolute Gasteiger partial charge is 0.327 e. The lowest BCUT2D eigenvalue weighted by Crippen LogP contribution is -2.22. The van der Waals surface area contributed by atoms with E-state index in [1.807, 2.05) is 36.4 Å². The lowest BCUT2D eigenvalue weighted by atomic mass is 10.1. The summed E-state index contributed by atoms with van der Waals surface area (Å²) in [4.78, 5) is 31.8. The lowest BCUT2D eigenvalue weighted by molar-refractivity contribution is -0.135. The van der Waals surface area contributed by atoms with Gasteiger partial charge in [0.25, 0.3) is 5.91 Å². The highest BCUT2D eigenvalue weighted by molar-refractivity contribution is 5.95. The standard InChI is InChI=1S/C22H22N6O3/c1-14(28-26-13-19(29)30)20-21(23)24-12-18(27-20)16-8-5-9-17(10-16)22(31)25-11-15-6-3-2-4-7-15/h2-10,12,14H,11,13H2,1H3,(H2,23,24)(H,25,31)(H,29,30). The van der Waals surface area contributed by atoms with E-state index >= 15 is 0 Å². The molecule has 158 valence electrons. The van der Waals surface area contributed by atoms with Crippen molar-refractivity contribution >= 4 is 17.7 Å². The zero-order valence-electron chi connectivity index (χ0n) is 16.9. The molecule has 0 spiro atoms. The topological polar surface area (TPSA) is 143 Å². The van der Waals surface area contributed by atoms with Crippen LogP contribution < -0.4 is 11.1 Å². The van der Waals surface area contributed by atoms with Crippen LogP contribution in [0.15, 0.2) is 71.0 Å². The van der Waals surface area contributed by atoms with Gasteiger partial charge in [-0.2, -0.15) is 10.2 Å². The third kappa shape index (κ3) is 5.92. The number of nitrogens with one attached hydrogen (secondary N) is 1. The van der Waals surface area contributed by atoms with Gasteiger partial charge < -0.3 is 16.2 Å². The maximum absolute atomic E-state index is 12.6. The molecule has 1 aromatic heterocycles. The van der Waals surface area contributed by atoms with Crippen molar-refractivity contribution in [2.45, 2.75) is 19.5 Å². The molecule has 1 heterocycles. The second kappa shape index (κ2) is 10.1. The summed E-state index contributed by atoms with van der Waals surface area (Å²) in [6.45, 7) is 1.69. The largest absolute Gasteiger partial charge is 0.480 e. The number of nitrogens with two attached hydrogens (primary N) is 1. The predicted octanol–water partition coefficient (Wildman–Crippen LogP) is 3.25. The second-order valence-electron chi connectivity index (χ2n) is 6.76. The van der Waals surface area contributed by atoms with Crippen molar-refractivity contribution in [1.82, 2.24) is 15.3 Å². The normalized spacial score (nSPS) is 11.9. The van der Waals surface area contributed by atoms with Crippen molar-refractivity contribution < 1.29 is 14.7 Å². The molecule has 9 heteroatoms. The van der Waals surface area contributed by atoms with E-state index in [9.17, 15) is 9.59 Å². The maximum atomic E-state index is 12.6. The number of nitrogens with zero attached hydrogens (tertiary/aromatic N) is 4. The van der Waals surface area contributed by atoms with E-state index in [0.717, 1.165) is 5.56 Å². The van der Waals surface area contributed by atoms with Crippen molar-refractivity contribution in [2.24, 2.45) is 10.2 Å². The van der Waals surface area contributed by atoms with Gasteiger partial charge in [-0.1, -0.05) is 42.5 Å². The van der Waals surface area contributed by atoms with E-state index in [1.54, 1.807) is 25.1 Å². The molecular weight excluding hydrogens is 396 g/mol. The first kappa shape index (κ1) is 21.6. The number of anilines is 1. The Hall–Kier alpha value is -4.14. The first-order valence-corrected chi connectivity index (χ1v) is 9.57. The average molecular weight is 418 g/mol. The van der Waals surface area contributed by atoms with Gasteiger partial charge >= 0.3 is 5.97 Å². The summed E-state index contributed by atoms with van der Waals surface area (Å²) in [5.74, 6) is -1.10. The fraction of sp³-hybridized carbons (Fsp3) is 0.182. The van der Waals surface area contributed by atoms with E-state index in [1.165, 1.54) is 6.20 Å². The molecule has 0 aliphatic rings. The minimum atomic E-state index is -1.08. The van der Waals surface area contributed by atoms with E-state index < -0.39 is 18.6 Å². The number of aromatic nitrogens is 2. The van der Waals surface area contributed by atoms with Crippen LogP contribution in [0.2, 0.25) is 0 Å². The van der Waals surface area contributed by atoms with Gasteiger partial charge in [-0.25, -0.2) is 9.97 Å². The van der Waals surface area contributed by atoms with Gasteiger partial charge in [-0.3, -0.25) is 9.59 Å². The number of nitrogen functional groups attached to an aromatic ring is 1. The maximum Gasteiger partial charge on any atom is 0.327 e. The van der Waals surface area contributed by atoms with Crippen LogP contribution in [0.5, 0.6) is 0 Å². The van der Waals surface area contributed by atoms with Gasteiger partial charge in [-0.15, -0.1) is 0 Å². The highest BCUT2D eigenvalue weighted by Crippen LogP contribution is 2.25. The number of amides is 1. The highest BCUT2D eigenvalue weighted by atomic mass is 16.4. The summed E-state index contributed by atoms with van der Waals surface area (Å²) in [6, 6.07) is 16.1. The van der Waals surface area contributed by atoms with Crippen LogP contribution in [-0.2, 0) is 11.3 Å². The summed E-state index contributed by atoms with van der Waals surface area (Å²) in [5, 5.41) is 19.1. The highest BCUT2D eigenvalue weighted by Gasteiger charge is 2.14. The van der Waals surface area contributed by atoms with E-state index in [0.29, 0.717) is 29.1 Å². The van der Waals surface area contributed by atoms with Crippen LogP contribution in [0.25, 0.3) is 11.3 Å². The number of carboxylic acids is 1. The monoisotopic (exact) mass is 418 g/mol. The molecule has 9 nitrogen and oxygen atoms in total. The Bertz CT molecular complexity index is 1100. The summed E-state index contributed by atoms with van der Waals surface area (Å²) in [6.07, 6.45) is 1.51. The van der Waals surface area contributed by atoms with Crippen molar-refractivity contribution in [1.29, 1.82) is 0 Å². The Labute approximate surface area is 179 Å². The Morgan fingerprint density at radius 3 is 2.68 bits per heavy atom. The number of azo groups is 1. The fourth-order valence-electron chi connectivity index (χ4n) is 2.84. The number of benzene rings is 2. The number of rotatable bonds is 8. The average Bonchev–Trinajstić information content (AvgIpc) is 2.78. The quantitative estimate of drug-likeness (QED) is 0.479. The van der Waals surface area contributed by atoms with Gasteiger partial charge in [0, 0.05) is 17.7 Å². The van der Waals surface area contributed by atoms with Crippen molar-refractivity contribution in [3.8, 4) is 11.3 Å². The summed E-state index contributed by atoms with van der Waals surface area (Å²) in [7, 11) is 0. The number of carboxylic acid groups (broad SMARTS) is 1. The van der Waals surface area contributed by atoms with Crippen LogP contribution in [0.3, 0.4) is 0 Å². The van der Waals surface area contributed by atoms with Crippen molar-refractivity contribution in [3.05, 3.63) is 77.6 Å². The van der Waals surface area contributed by atoms with Crippen molar-refractivity contribution in [3.63, 3.8) is 0 Å². The SMILES string of the molecule is CC(N=NCC(=O)O)c1nc(-c2cccc(C(=O)NCc3ccccc3)c2)cnc1N. The Morgan fingerprint density at radius 2 is 1.94 bits per heavy atom. The van der Waals surface area contributed by atoms with Gasteiger partial charge in [0.2, 0.25) is 0 Å². The second-order valence-corrected chi connectivity index (χ2v) is 6.76. The van der Waals surface area contributed by atoms with Crippen LogP contribution in [0.1, 0.15) is 34.6 Å². The molecule has 1 atom stereocenters. The van der Waals surface area contributed by atoms with Crippen LogP contribution >= 0.6 is 0 Å². The number of hydrogen-bond donors (Lipinski definition) is 3. The predicted molar refractivity (Wildman–Crippen MR) is 115 cm³/mol. The van der Waals surface area contributed by atoms with Crippen LogP contribution in [0, 0.1) is 0 Å². The lowest BCUT2D eigenvalue weighted by Gasteiger charge is -2.11. The molecule has 0 aliphatic carbocycles. The number of hydrogen-bond acceptors (Lipinski definition) is 7. The van der Waals surface area contributed by atoms with Gasteiger partial charge in [0.15, 0.2) is 6.54 Å². The molecule has 0 aliphatic heterocycles. The first-order valence-electron chi connectivity index (χ1n) is 9.57. The molecule has 4 N–H and O–H groups in total. The summed E-state index contributed by atoms with van der Waals surface area (Å²) < 4.78 is 0. The van der Waals surface area contributed by atoms with Crippen LogP contribution in [-0.4, -0.2) is 33.5 Å². The molecule has 2 aromatic carbocycles. The Morgan fingerprint density at radius 1 is 1.16 bits per heavy atom. The molecule has 0 bridgehead atoms. The van der Waals surface area contributed by atoms with E-state index in [2.05, 4.69) is 25.5 Å². The molecule has 0 saturated carbocycles. The van der Waals surface area contributed by atoms with E-state index in [4.69, 9.17) is 10.8 Å². The number of aliphatic carboxylic acids is 1. The third-order valence-electron chi connectivity index (χ3n) is 4.40. The summed E-state index contributed by atoms with van der Waals surface area (Å²) in [5.41, 5.74) is 9.00. The molecule has 0 fully saturated rings. The molecule has 1 amide bonds. The molecule has 3 aromatic rings. The van der Waals surface area contributed by atoms with E-state index in [-0.39, 0.29) is 11.7 Å².